The van der Waals surface area contributed by atoms with Crippen molar-refractivity contribution >= 4 is 33.4 Å². The number of hydrogen-bond acceptors (Lipinski definition) is 2. The van der Waals surface area contributed by atoms with Crippen LogP contribution in [0.1, 0.15) is 6.42 Å². The lowest BCUT2D eigenvalue weighted by atomic mass is 9.71. The quantitative estimate of drug-likeness (QED) is 0.607. The number of urea groups is 1. The molecule has 2 N–H and O–H groups in total. The van der Waals surface area contributed by atoms with Gasteiger partial charge in [0.25, 0.3) is 0 Å². The van der Waals surface area contributed by atoms with E-state index in [0.717, 1.165) is 41.2 Å². The highest BCUT2D eigenvalue weighted by molar-refractivity contribution is 9.09. The van der Waals surface area contributed by atoms with E-state index in [1.165, 1.54) is 12.1 Å². The minimum Gasteiger partial charge on any atom is -0.307 e. The predicted molar refractivity (Wildman–Crippen MR) is 91.3 cm³/mol. The number of carbonyl (C=O) groups is 1. The lowest BCUT2D eigenvalue weighted by molar-refractivity contribution is 0.132. The van der Waals surface area contributed by atoms with E-state index in [9.17, 15) is 4.79 Å². The second-order valence-corrected chi connectivity index (χ2v) is 8.89. The van der Waals surface area contributed by atoms with E-state index in [4.69, 9.17) is 0 Å². The molecule has 0 radical (unpaired) electrons. The maximum atomic E-state index is 12.1. The maximum absolute atomic E-state index is 12.1. The van der Waals surface area contributed by atoms with Gasteiger partial charge in [-0.25, -0.2) is 10.2 Å². The number of nitrogens with one attached hydrogen (secondary N) is 2. The minimum atomic E-state index is -0.238. The molecule has 9 unspecified atom stereocenters. The first-order chi connectivity index (χ1) is 11.3. The van der Waals surface area contributed by atoms with E-state index >= 15 is 0 Å². The van der Waals surface area contributed by atoms with E-state index in [2.05, 4.69) is 31.8 Å². The molecule has 9 atom stereocenters. The molecule has 6 bridgehead atoms. The molecular weight excluding hydrogens is 354 g/mol. The normalized spacial score (nSPS) is 51.3. The average molecular weight is 372 g/mol. The van der Waals surface area contributed by atoms with Gasteiger partial charge in [0.2, 0.25) is 0 Å². The molecule has 6 aliphatic carbocycles. The van der Waals surface area contributed by atoms with Crippen LogP contribution in [0.2, 0.25) is 0 Å². The number of anilines is 1. The van der Waals surface area contributed by atoms with Crippen LogP contribution in [-0.4, -0.2) is 16.6 Å². The third kappa shape index (κ3) is 1.40. The molecule has 0 heterocycles. The highest BCUT2D eigenvalue weighted by atomic mass is 79.9. The smallest absolute Gasteiger partial charge is 0.307 e. The fraction of sp³-hybridized carbons (Fsp3) is 0.556. The van der Waals surface area contributed by atoms with Crippen molar-refractivity contribution in [2.24, 2.45) is 52.4 Å². The lowest BCUT2D eigenvalue weighted by Crippen LogP contribution is -2.30. The van der Waals surface area contributed by atoms with Crippen LogP contribution < -0.4 is 10.7 Å². The summed E-state index contributed by atoms with van der Waals surface area (Å²) in [6, 6.07) is 9.28. The van der Waals surface area contributed by atoms with E-state index < -0.39 is 0 Å². The Kier molecular flexibility index (Phi) is 2.36. The number of carbonyl (C=O) groups excluding carboxylic acids is 1. The summed E-state index contributed by atoms with van der Waals surface area (Å²) in [6.07, 6.45) is 1.41. The predicted octanol–water partition coefficient (Wildman–Crippen LogP) is 3.32. The fourth-order valence-electron chi connectivity index (χ4n) is 7.17. The third-order valence-corrected chi connectivity index (χ3v) is 8.58. The molecule has 23 heavy (non-hydrogen) atoms. The van der Waals surface area contributed by atoms with Gasteiger partial charge in [-0.1, -0.05) is 34.1 Å². The van der Waals surface area contributed by atoms with Crippen molar-refractivity contribution in [3.8, 4) is 0 Å². The van der Waals surface area contributed by atoms with Crippen LogP contribution in [0.4, 0.5) is 10.5 Å². The lowest BCUT2D eigenvalue weighted by Gasteiger charge is -2.32. The zero-order chi connectivity index (χ0) is 15.3. The number of hydrogen-bond donors (Lipinski definition) is 2. The Morgan fingerprint density at radius 1 is 1.04 bits per heavy atom. The Hall–Kier alpha value is -1.36. The number of amides is 2. The first kappa shape index (κ1) is 13.0. The number of hydrazone groups is 1. The van der Waals surface area contributed by atoms with Crippen molar-refractivity contribution in [3.63, 3.8) is 0 Å². The van der Waals surface area contributed by atoms with Crippen molar-refractivity contribution in [2.75, 3.05) is 5.32 Å². The van der Waals surface area contributed by atoms with Gasteiger partial charge < -0.3 is 5.32 Å². The SMILES string of the molecule is O=C(NN=C1C2C3C(Br)C4C5CC(C1C53)C24)Nc1ccccc1. The summed E-state index contributed by atoms with van der Waals surface area (Å²) in [4.78, 5) is 12.8. The molecule has 0 spiro atoms. The van der Waals surface area contributed by atoms with Crippen molar-refractivity contribution in [1.29, 1.82) is 0 Å². The van der Waals surface area contributed by atoms with Gasteiger partial charge in [0, 0.05) is 28.1 Å². The zero-order valence-corrected chi connectivity index (χ0v) is 14.1. The Balaban J connectivity index is 1.24. The summed E-state index contributed by atoms with van der Waals surface area (Å²) in [5.41, 5.74) is 4.86. The summed E-state index contributed by atoms with van der Waals surface area (Å²) >= 11 is 3.98. The molecular formula is C18H18BrN3O. The van der Waals surface area contributed by atoms with Crippen molar-refractivity contribution < 1.29 is 4.79 Å². The number of rotatable bonds is 2. The summed E-state index contributed by atoms with van der Waals surface area (Å²) in [5, 5.41) is 7.45. The van der Waals surface area contributed by atoms with Gasteiger partial charge in [0.15, 0.2) is 0 Å². The topological polar surface area (TPSA) is 53.5 Å². The van der Waals surface area contributed by atoms with Gasteiger partial charge in [-0.05, 0) is 54.1 Å². The van der Waals surface area contributed by atoms with Crippen LogP contribution in [0.25, 0.3) is 0 Å². The molecule has 118 valence electrons. The molecule has 0 saturated heterocycles. The number of para-hydroxylation sites is 1. The minimum absolute atomic E-state index is 0.238. The molecule has 1 aromatic rings. The van der Waals surface area contributed by atoms with Gasteiger partial charge >= 0.3 is 6.03 Å². The standard InChI is InChI=1S/C18H18BrN3O/c19-16-12-8-6-9-10(12)15-14(16)11(8)13(9)17(15)21-22-18(23)20-7-4-2-1-3-5-7/h1-5,8-16H,6H2,(H2,20,22,23). The van der Waals surface area contributed by atoms with Gasteiger partial charge in [0.05, 0.1) is 0 Å². The highest BCUT2D eigenvalue weighted by Crippen LogP contribution is 2.82. The van der Waals surface area contributed by atoms with Crippen LogP contribution in [0.3, 0.4) is 0 Å². The zero-order valence-electron chi connectivity index (χ0n) is 12.5. The molecule has 0 aliphatic heterocycles. The summed E-state index contributed by atoms with van der Waals surface area (Å²) in [7, 11) is 0. The molecule has 4 nitrogen and oxygen atoms in total. The number of nitrogens with zero attached hydrogens (tertiary/aromatic N) is 1. The van der Waals surface area contributed by atoms with Crippen LogP contribution in [0, 0.1) is 47.3 Å². The molecule has 7 rings (SSSR count). The van der Waals surface area contributed by atoms with E-state index in [1.54, 1.807) is 0 Å². The molecule has 6 aliphatic rings. The Morgan fingerprint density at radius 3 is 2.61 bits per heavy atom. The molecule has 6 saturated carbocycles. The van der Waals surface area contributed by atoms with Gasteiger partial charge in [-0.15, -0.1) is 0 Å². The van der Waals surface area contributed by atoms with Crippen LogP contribution >= 0.6 is 15.9 Å². The van der Waals surface area contributed by atoms with E-state index in [0.29, 0.717) is 16.7 Å². The molecule has 5 heteroatoms. The Labute approximate surface area is 143 Å². The Bertz CT molecular complexity index is 733. The van der Waals surface area contributed by atoms with Gasteiger partial charge in [0.1, 0.15) is 0 Å². The van der Waals surface area contributed by atoms with Crippen LogP contribution in [0.15, 0.2) is 35.4 Å². The molecule has 0 aromatic heterocycles. The van der Waals surface area contributed by atoms with E-state index in [-0.39, 0.29) is 6.03 Å². The second kappa shape index (κ2) is 4.18. The number of alkyl halides is 1. The van der Waals surface area contributed by atoms with E-state index in [1.807, 2.05) is 30.3 Å². The fourth-order valence-corrected chi connectivity index (χ4v) is 8.60. The maximum Gasteiger partial charge on any atom is 0.339 e. The molecule has 6 fully saturated rings. The highest BCUT2D eigenvalue weighted by Gasteiger charge is 2.82. The Morgan fingerprint density at radius 2 is 1.83 bits per heavy atom. The summed E-state index contributed by atoms with van der Waals surface area (Å²) in [6.45, 7) is 0. The average Bonchev–Trinajstić information content (AvgIpc) is 3.28. The first-order valence-electron chi connectivity index (χ1n) is 8.59. The first-order valence-corrected chi connectivity index (χ1v) is 9.51. The monoisotopic (exact) mass is 371 g/mol. The van der Waals surface area contributed by atoms with Crippen molar-refractivity contribution in [3.05, 3.63) is 30.3 Å². The number of halogens is 1. The summed E-state index contributed by atoms with van der Waals surface area (Å²) < 4.78 is 0. The third-order valence-electron chi connectivity index (χ3n) is 7.36. The van der Waals surface area contributed by atoms with Crippen molar-refractivity contribution in [1.82, 2.24) is 5.43 Å². The van der Waals surface area contributed by atoms with Gasteiger partial charge in [-0.2, -0.15) is 5.10 Å². The number of benzene rings is 1. The van der Waals surface area contributed by atoms with Gasteiger partial charge in [-0.3, -0.25) is 0 Å². The van der Waals surface area contributed by atoms with Crippen LogP contribution in [0.5, 0.6) is 0 Å². The second-order valence-electron chi connectivity index (χ2n) is 7.84. The molecule has 2 amide bonds. The molecule has 1 aromatic carbocycles. The summed E-state index contributed by atoms with van der Waals surface area (Å²) in [5.74, 6) is 6.47. The van der Waals surface area contributed by atoms with Crippen molar-refractivity contribution in [2.45, 2.75) is 11.2 Å². The largest absolute Gasteiger partial charge is 0.339 e. The van der Waals surface area contributed by atoms with Crippen LogP contribution in [-0.2, 0) is 0 Å².